The molecule has 0 aliphatic heterocycles. The monoisotopic (exact) mass is 205 g/mol. The van der Waals surface area contributed by atoms with E-state index in [1.807, 2.05) is 13.1 Å². The minimum Gasteiger partial charge on any atom is -0.493 e. The molecule has 0 spiro atoms. The summed E-state index contributed by atoms with van der Waals surface area (Å²) in [5.41, 5.74) is 1.28. The summed E-state index contributed by atoms with van der Waals surface area (Å²) < 4.78 is 5.74. The Hall–Kier alpha value is -1.02. The Morgan fingerprint density at radius 3 is 2.93 bits per heavy atom. The Balaban J connectivity index is 1.97. The third-order valence-corrected chi connectivity index (χ3v) is 2.97. The zero-order valence-corrected chi connectivity index (χ0v) is 9.49. The van der Waals surface area contributed by atoms with E-state index < -0.39 is 0 Å². The highest BCUT2D eigenvalue weighted by atomic mass is 16.5. The summed E-state index contributed by atoms with van der Waals surface area (Å²) in [4.78, 5) is 0. The number of nitrogens with one attached hydrogen (secondary N) is 1. The average Bonchev–Trinajstić information content (AvgIpc) is 3.09. The Kier molecular flexibility index (Phi) is 3.27. The largest absolute Gasteiger partial charge is 0.493 e. The molecule has 1 fully saturated rings. The standard InChI is InChI=1S/C13H19NO/c1-10(14-2)12-4-3-5-13(8-12)15-9-11-6-7-11/h3-5,8,10-11,14H,6-7,9H2,1-2H3/t10-/m1/s1. The average molecular weight is 205 g/mol. The van der Waals surface area contributed by atoms with Crippen molar-refractivity contribution in [2.45, 2.75) is 25.8 Å². The van der Waals surface area contributed by atoms with Gasteiger partial charge < -0.3 is 10.1 Å². The highest BCUT2D eigenvalue weighted by Crippen LogP contribution is 2.29. The highest BCUT2D eigenvalue weighted by molar-refractivity contribution is 5.30. The van der Waals surface area contributed by atoms with Crippen LogP contribution in [0.3, 0.4) is 0 Å². The van der Waals surface area contributed by atoms with E-state index in [1.54, 1.807) is 0 Å². The summed E-state index contributed by atoms with van der Waals surface area (Å²) in [6.07, 6.45) is 2.68. The van der Waals surface area contributed by atoms with Crippen LogP contribution in [0.15, 0.2) is 24.3 Å². The minimum absolute atomic E-state index is 0.384. The van der Waals surface area contributed by atoms with Gasteiger partial charge in [-0.15, -0.1) is 0 Å². The Bertz CT molecular complexity index is 320. The molecule has 0 heterocycles. The summed E-state index contributed by atoms with van der Waals surface area (Å²) in [5, 5.41) is 3.23. The molecule has 0 saturated heterocycles. The molecular formula is C13H19NO. The second-order valence-electron chi connectivity index (χ2n) is 4.34. The van der Waals surface area contributed by atoms with E-state index in [1.165, 1.54) is 18.4 Å². The molecule has 1 aromatic rings. The molecule has 0 amide bonds. The van der Waals surface area contributed by atoms with Crippen LogP contribution in [0.25, 0.3) is 0 Å². The van der Waals surface area contributed by atoms with E-state index in [0.29, 0.717) is 6.04 Å². The lowest BCUT2D eigenvalue weighted by atomic mass is 10.1. The van der Waals surface area contributed by atoms with Crippen molar-refractivity contribution in [2.75, 3.05) is 13.7 Å². The molecule has 0 aromatic heterocycles. The number of ether oxygens (including phenoxy) is 1. The van der Waals surface area contributed by atoms with Gasteiger partial charge in [0.2, 0.25) is 0 Å². The van der Waals surface area contributed by atoms with Crippen molar-refractivity contribution in [3.05, 3.63) is 29.8 Å². The summed E-state index contributed by atoms with van der Waals surface area (Å²) >= 11 is 0. The molecule has 0 unspecified atom stereocenters. The second-order valence-corrected chi connectivity index (χ2v) is 4.34. The summed E-state index contributed by atoms with van der Waals surface area (Å²) in [7, 11) is 1.97. The minimum atomic E-state index is 0.384. The smallest absolute Gasteiger partial charge is 0.119 e. The van der Waals surface area contributed by atoms with Crippen LogP contribution < -0.4 is 10.1 Å². The molecular weight excluding hydrogens is 186 g/mol. The molecule has 15 heavy (non-hydrogen) atoms. The van der Waals surface area contributed by atoms with Crippen LogP contribution in [-0.4, -0.2) is 13.7 Å². The first-order chi connectivity index (χ1) is 7.29. The van der Waals surface area contributed by atoms with Gasteiger partial charge in [0.1, 0.15) is 5.75 Å². The predicted octanol–water partition coefficient (Wildman–Crippen LogP) is 2.76. The molecule has 2 nitrogen and oxygen atoms in total. The quantitative estimate of drug-likeness (QED) is 0.798. The van der Waals surface area contributed by atoms with Gasteiger partial charge >= 0.3 is 0 Å². The molecule has 0 bridgehead atoms. The van der Waals surface area contributed by atoms with Gasteiger partial charge in [-0.3, -0.25) is 0 Å². The van der Waals surface area contributed by atoms with Crippen LogP contribution in [0.4, 0.5) is 0 Å². The van der Waals surface area contributed by atoms with Crippen LogP contribution in [0, 0.1) is 5.92 Å². The number of hydrogen-bond donors (Lipinski definition) is 1. The fourth-order valence-electron chi connectivity index (χ4n) is 1.54. The van der Waals surface area contributed by atoms with Crippen LogP contribution in [-0.2, 0) is 0 Å². The first-order valence-electron chi connectivity index (χ1n) is 5.69. The molecule has 1 saturated carbocycles. The lowest BCUT2D eigenvalue weighted by Crippen LogP contribution is -2.12. The summed E-state index contributed by atoms with van der Waals surface area (Å²) in [6.45, 7) is 3.04. The molecule has 1 aliphatic rings. The van der Waals surface area contributed by atoms with Crippen molar-refractivity contribution in [2.24, 2.45) is 5.92 Å². The van der Waals surface area contributed by atoms with E-state index in [-0.39, 0.29) is 0 Å². The van der Waals surface area contributed by atoms with Crippen molar-refractivity contribution < 1.29 is 4.74 Å². The van der Waals surface area contributed by atoms with E-state index in [0.717, 1.165) is 18.3 Å². The molecule has 1 aliphatic carbocycles. The number of benzene rings is 1. The van der Waals surface area contributed by atoms with Crippen molar-refractivity contribution in [3.63, 3.8) is 0 Å². The maximum absolute atomic E-state index is 5.74. The van der Waals surface area contributed by atoms with Crippen molar-refractivity contribution in [1.82, 2.24) is 5.32 Å². The Morgan fingerprint density at radius 2 is 2.27 bits per heavy atom. The molecule has 0 radical (unpaired) electrons. The molecule has 1 aromatic carbocycles. The van der Waals surface area contributed by atoms with E-state index >= 15 is 0 Å². The SMILES string of the molecule is CN[C@H](C)c1cccc(OCC2CC2)c1. The lowest BCUT2D eigenvalue weighted by Gasteiger charge is -2.12. The lowest BCUT2D eigenvalue weighted by molar-refractivity contribution is 0.299. The normalized spacial score (nSPS) is 17.5. The third-order valence-electron chi connectivity index (χ3n) is 2.97. The molecule has 82 valence electrons. The van der Waals surface area contributed by atoms with Gasteiger partial charge in [0.15, 0.2) is 0 Å². The van der Waals surface area contributed by atoms with Crippen LogP contribution in [0.5, 0.6) is 5.75 Å². The Morgan fingerprint density at radius 1 is 1.47 bits per heavy atom. The first kappa shape index (κ1) is 10.5. The number of hydrogen-bond acceptors (Lipinski definition) is 2. The van der Waals surface area contributed by atoms with Gasteiger partial charge in [-0.1, -0.05) is 12.1 Å². The Labute approximate surface area is 91.6 Å². The van der Waals surface area contributed by atoms with Crippen molar-refractivity contribution >= 4 is 0 Å². The molecule has 1 N–H and O–H groups in total. The van der Waals surface area contributed by atoms with Crippen molar-refractivity contribution in [3.8, 4) is 5.75 Å². The van der Waals surface area contributed by atoms with Gasteiger partial charge in [0, 0.05) is 6.04 Å². The molecule has 1 atom stereocenters. The van der Waals surface area contributed by atoms with Crippen molar-refractivity contribution in [1.29, 1.82) is 0 Å². The maximum atomic E-state index is 5.74. The summed E-state index contributed by atoms with van der Waals surface area (Å²) in [5.74, 6) is 1.82. The van der Waals surface area contributed by atoms with E-state index in [4.69, 9.17) is 4.74 Å². The van der Waals surface area contributed by atoms with Gasteiger partial charge in [-0.2, -0.15) is 0 Å². The zero-order valence-electron chi connectivity index (χ0n) is 9.49. The summed E-state index contributed by atoms with van der Waals surface area (Å²) in [6, 6.07) is 8.74. The van der Waals surface area contributed by atoms with Gasteiger partial charge in [-0.25, -0.2) is 0 Å². The fraction of sp³-hybridized carbons (Fsp3) is 0.538. The van der Waals surface area contributed by atoms with Crippen LogP contribution >= 0.6 is 0 Å². The first-order valence-corrected chi connectivity index (χ1v) is 5.69. The highest BCUT2D eigenvalue weighted by Gasteiger charge is 2.21. The molecule has 2 rings (SSSR count). The maximum Gasteiger partial charge on any atom is 0.119 e. The molecule has 2 heteroatoms. The van der Waals surface area contributed by atoms with Gasteiger partial charge in [-0.05, 0) is 50.4 Å². The van der Waals surface area contributed by atoms with Gasteiger partial charge in [0.25, 0.3) is 0 Å². The second kappa shape index (κ2) is 4.67. The van der Waals surface area contributed by atoms with Gasteiger partial charge in [0.05, 0.1) is 6.61 Å². The van der Waals surface area contributed by atoms with E-state index in [2.05, 4.69) is 30.4 Å². The van der Waals surface area contributed by atoms with E-state index in [9.17, 15) is 0 Å². The predicted molar refractivity (Wildman–Crippen MR) is 62.1 cm³/mol. The topological polar surface area (TPSA) is 21.3 Å². The fourth-order valence-corrected chi connectivity index (χ4v) is 1.54. The third kappa shape index (κ3) is 2.96. The zero-order chi connectivity index (χ0) is 10.7. The van der Waals surface area contributed by atoms with Crippen LogP contribution in [0.1, 0.15) is 31.4 Å². The number of rotatable bonds is 5. The van der Waals surface area contributed by atoms with Crippen LogP contribution in [0.2, 0.25) is 0 Å².